The summed E-state index contributed by atoms with van der Waals surface area (Å²) in [4.78, 5) is 0. The van der Waals surface area contributed by atoms with E-state index in [9.17, 15) is 13.2 Å². The van der Waals surface area contributed by atoms with E-state index in [-0.39, 0.29) is 6.54 Å². The van der Waals surface area contributed by atoms with Crippen molar-refractivity contribution >= 4 is 0 Å². The first-order valence-corrected chi connectivity index (χ1v) is 7.27. The minimum atomic E-state index is -4.02. The van der Waals surface area contributed by atoms with Gasteiger partial charge in [0.05, 0.1) is 5.92 Å². The second kappa shape index (κ2) is 7.37. The van der Waals surface area contributed by atoms with Gasteiger partial charge in [-0.2, -0.15) is 13.2 Å². The molecule has 3 unspecified atom stereocenters. The number of unbranched alkanes of at least 4 members (excludes halogenated alkanes) is 1. The van der Waals surface area contributed by atoms with Crippen LogP contribution in [0.25, 0.3) is 0 Å². The number of nitrogens with one attached hydrogen (secondary N) is 1. The number of piperidine rings is 1. The number of alkyl halides is 3. The van der Waals surface area contributed by atoms with Crippen molar-refractivity contribution in [1.29, 1.82) is 0 Å². The number of rotatable bonds is 6. The minimum Gasteiger partial charge on any atom is -0.313 e. The van der Waals surface area contributed by atoms with Gasteiger partial charge < -0.3 is 5.32 Å². The highest BCUT2D eigenvalue weighted by Gasteiger charge is 2.41. The molecule has 0 saturated carbocycles. The lowest BCUT2D eigenvalue weighted by Gasteiger charge is -2.33. The Morgan fingerprint density at radius 3 is 2.39 bits per heavy atom. The summed E-state index contributed by atoms with van der Waals surface area (Å²) in [6, 6.07) is 0.297. The van der Waals surface area contributed by atoms with Crippen LogP contribution in [0.3, 0.4) is 0 Å². The minimum absolute atomic E-state index is 0.110. The summed E-state index contributed by atoms with van der Waals surface area (Å²) in [6.45, 7) is 4.47. The summed E-state index contributed by atoms with van der Waals surface area (Å²) in [5.41, 5.74) is 0. The second-order valence-electron chi connectivity index (χ2n) is 5.57. The van der Waals surface area contributed by atoms with Gasteiger partial charge in [0.15, 0.2) is 0 Å². The molecule has 108 valence electrons. The van der Waals surface area contributed by atoms with Gasteiger partial charge in [-0.25, -0.2) is 0 Å². The van der Waals surface area contributed by atoms with E-state index >= 15 is 0 Å². The van der Waals surface area contributed by atoms with E-state index in [4.69, 9.17) is 0 Å². The van der Waals surface area contributed by atoms with Crippen LogP contribution >= 0.6 is 0 Å². The summed E-state index contributed by atoms with van der Waals surface area (Å²) in [7, 11) is 0. The van der Waals surface area contributed by atoms with Gasteiger partial charge in [0, 0.05) is 12.6 Å². The molecule has 0 aliphatic carbocycles. The molecule has 0 amide bonds. The van der Waals surface area contributed by atoms with Gasteiger partial charge in [-0.15, -0.1) is 0 Å². The molecule has 0 aromatic rings. The Morgan fingerprint density at radius 1 is 1.22 bits per heavy atom. The van der Waals surface area contributed by atoms with Crippen LogP contribution < -0.4 is 5.32 Å². The second-order valence-corrected chi connectivity index (χ2v) is 5.57. The molecule has 1 saturated heterocycles. The third-order valence-corrected chi connectivity index (χ3v) is 4.14. The van der Waals surface area contributed by atoms with Gasteiger partial charge >= 0.3 is 6.18 Å². The maximum atomic E-state index is 12.5. The van der Waals surface area contributed by atoms with Crippen molar-refractivity contribution in [2.24, 2.45) is 11.8 Å². The molecule has 3 atom stereocenters. The van der Waals surface area contributed by atoms with E-state index in [2.05, 4.69) is 19.2 Å². The molecule has 4 heteroatoms. The summed E-state index contributed by atoms with van der Waals surface area (Å²) in [5.74, 6) is -0.464. The lowest BCUT2D eigenvalue weighted by Crippen LogP contribution is -2.44. The van der Waals surface area contributed by atoms with E-state index < -0.39 is 12.1 Å². The van der Waals surface area contributed by atoms with E-state index in [0.29, 0.717) is 24.8 Å². The van der Waals surface area contributed by atoms with E-state index in [0.717, 1.165) is 12.8 Å². The van der Waals surface area contributed by atoms with Crippen molar-refractivity contribution in [2.45, 2.75) is 71.0 Å². The van der Waals surface area contributed by atoms with Crippen molar-refractivity contribution in [2.75, 3.05) is 6.54 Å². The van der Waals surface area contributed by atoms with E-state index in [1.165, 1.54) is 19.3 Å². The zero-order chi connectivity index (χ0) is 13.6. The summed E-state index contributed by atoms with van der Waals surface area (Å²) >= 11 is 0. The molecular weight excluding hydrogens is 239 g/mol. The SMILES string of the molecule is CCCCC(CC)CC1CCC(C(F)(F)F)CN1. The molecule has 1 nitrogen and oxygen atoms in total. The quantitative estimate of drug-likeness (QED) is 0.744. The van der Waals surface area contributed by atoms with Crippen LogP contribution in [0.2, 0.25) is 0 Å². The zero-order valence-electron chi connectivity index (χ0n) is 11.5. The van der Waals surface area contributed by atoms with Gasteiger partial charge in [0.2, 0.25) is 0 Å². The molecule has 18 heavy (non-hydrogen) atoms. The molecule has 1 aliphatic rings. The molecule has 1 aliphatic heterocycles. The fraction of sp³-hybridized carbons (Fsp3) is 1.00. The van der Waals surface area contributed by atoms with Gasteiger partial charge in [0.1, 0.15) is 0 Å². The van der Waals surface area contributed by atoms with Crippen LogP contribution in [0.4, 0.5) is 13.2 Å². The first-order valence-electron chi connectivity index (χ1n) is 7.27. The molecule has 1 rings (SSSR count). The van der Waals surface area contributed by atoms with Crippen LogP contribution in [-0.2, 0) is 0 Å². The number of hydrogen-bond acceptors (Lipinski definition) is 1. The van der Waals surface area contributed by atoms with Crippen molar-refractivity contribution in [1.82, 2.24) is 5.32 Å². The van der Waals surface area contributed by atoms with E-state index in [1.54, 1.807) is 0 Å². The molecule has 0 spiro atoms. The predicted octanol–water partition coefficient (Wildman–Crippen LogP) is 4.52. The predicted molar refractivity (Wildman–Crippen MR) is 68.5 cm³/mol. The Labute approximate surface area is 109 Å². The Morgan fingerprint density at radius 2 is 1.94 bits per heavy atom. The van der Waals surface area contributed by atoms with Crippen LogP contribution in [-0.4, -0.2) is 18.8 Å². The van der Waals surface area contributed by atoms with Gasteiger partial charge in [-0.1, -0.05) is 39.5 Å². The van der Waals surface area contributed by atoms with Crippen LogP contribution in [0.15, 0.2) is 0 Å². The highest BCUT2D eigenvalue weighted by molar-refractivity contribution is 4.82. The highest BCUT2D eigenvalue weighted by atomic mass is 19.4. The van der Waals surface area contributed by atoms with Crippen LogP contribution in [0, 0.1) is 11.8 Å². The lowest BCUT2D eigenvalue weighted by molar-refractivity contribution is -0.179. The third-order valence-electron chi connectivity index (χ3n) is 4.14. The van der Waals surface area contributed by atoms with Crippen molar-refractivity contribution in [3.05, 3.63) is 0 Å². The average Bonchev–Trinajstić information content (AvgIpc) is 2.34. The monoisotopic (exact) mass is 265 g/mol. The average molecular weight is 265 g/mol. The molecule has 0 radical (unpaired) electrons. The fourth-order valence-corrected chi connectivity index (χ4v) is 2.78. The Bertz CT molecular complexity index is 220. The first-order chi connectivity index (χ1) is 8.47. The van der Waals surface area contributed by atoms with Crippen molar-refractivity contribution in [3.63, 3.8) is 0 Å². The molecular formula is C14H26F3N. The Balaban J connectivity index is 2.29. The van der Waals surface area contributed by atoms with Gasteiger partial charge in [-0.05, 0) is 25.2 Å². The Kier molecular flexibility index (Phi) is 6.47. The van der Waals surface area contributed by atoms with Crippen molar-refractivity contribution < 1.29 is 13.2 Å². The van der Waals surface area contributed by atoms with Crippen molar-refractivity contribution in [3.8, 4) is 0 Å². The summed E-state index contributed by atoms with van der Waals surface area (Å²) < 4.78 is 37.6. The molecule has 0 bridgehead atoms. The van der Waals surface area contributed by atoms with Crippen LogP contribution in [0.1, 0.15) is 58.8 Å². The van der Waals surface area contributed by atoms with Gasteiger partial charge in [-0.3, -0.25) is 0 Å². The summed E-state index contributed by atoms with van der Waals surface area (Å²) in [5, 5.41) is 3.10. The maximum absolute atomic E-state index is 12.5. The number of hydrogen-bond donors (Lipinski definition) is 1. The third kappa shape index (κ3) is 5.17. The van der Waals surface area contributed by atoms with Crippen LogP contribution in [0.5, 0.6) is 0 Å². The Hall–Kier alpha value is -0.250. The topological polar surface area (TPSA) is 12.0 Å². The fourth-order valence-electron chi connectivity index (χ4n) is 2.78. The molecule has 1 fully saturated rings. The largest absolute Gasteiger partial charge is 0.393 e. The van der Waals surface area contributed by atoms with Gasteiger partial charge in [0.25, 0.3) is 0 Å². The molecule has 1 heterocycles. The zero-order valence-corrected chi connectivity index (χ0v) is 11.5. The lowest BCUT2D eigenvalue weighted by atomic mass is 9.86. The molecule has 0 aromatic carbocycles. The number of halogens is 3. The van der Waals surface area contributed by atoms with E-state index in [1.807, 2.05) is 0 Å². The maximum Gasteiger partial charge on any atom is 0.393 e. The molecule has 0 aromatic heterocycles. The normalized spacial score (nSPS) is 27.2. The highest BCUT2D eigenvalue weighted by Crippen LogP contribution is 2.33. The molecule has 1 N–H and O–H groups in total. The standard InChI is InChI=1S/C14H26F3N/c1-3-5-6-11(4-2)9-13-8-7-12(10-18-13)14(15,16)17/h11-13,18H,3-10H2,1-2H3. The summed E-state index contributed by atoms with van der Waals surface area (Å²) in [6.07, 6.45) is 2.78. The smallest absolute Gasteiger partial charge is 0.313 e. The first kappa shape index (κ1) is 15.8.